The van der Waals surface area contributed by atoms with Gasteiger partial charge in [0.1, 0.15) is 11.5 Å². The van der Waals surface area contributed by atoms with Crippen LogP contribution in [0.5, 0.6) is 11.5 Å². The maximum atomic E-state index is 12.5. The number of carbonyl (C=O) groups excluding carboxylic acids is 2. The Bertz CT molecular complexity index is 680. The Morgan fingerprint density at radius 1 is 1.30 bits per heavy atom. The molecule has 1 heterocycles. The van der Waals surface area contributed by atoms with Gasteiger partial charge in [0.05, 0.1) is 37.0 Å². The first-order chi connectivity index (χ1) is 12.9. The monoisotopic (exact) mass is 398 g/mol. The van der Waals surface area contributed by atoms with Crippen LogP contribution >= 0.6 is 11.6 Å². The molecule has 1 atom stereocenters. The van der Waals surface area contributed by atoms with Crippen molar-refractivity contribution in [1.82, 2.24) is 5.32 Å². The molecular weight excluding hydrogens is 372 g/mol. The molecule has 1 aliphatic rings. The van der Waals surface area contributed by atoms with Gasteiger partial charge in [-0.25, -0.2) is 0 Å². The fourth-order valence-electron chi connectivity index (χ4n) is 2.92. The average Bonchev–Trinajstić information content (AvgIpc) is 3.02. The molecule has 1 aromatic carbocycles. The van der Waals surface area contributed by atoms with Crippen molar-refractivity contribution in [1.29, 1.82) is 0 Å². The van der Waals surface area contributed by atoms with E-state index < -0.39 is 5.92 Å². The molecule has 27 heavy (non-hydrogen) atoms. The minimum absolute atomic E-state index is 0.131. The van der Waals surface area contributed by atoms with Crippen LogP contribution in [0, 0.1) is 5.92 Å². The smallest absolute Gasteiger partial charge is 0.227 e. The third kappa shape index (κ3) is 5.49. The van der Waals surface area contributed by atoms with E-state index in [1.807, 2.05) is 13.8 Å². The van der Waals surface area contributed by atoms with Crippen LogP contribution in [-0.2, 0) is 14.3 Å². The van der Waals surface area contributed by atoms with Crippen LogP contribution in [0.4, 0.5) is 5.69 Å². The molecule has 0 unspecified atom stereocenters. The largest absolute Gasteiger partial charge is 0.495 e. The summed E-state index contributed by atoms with van der Waals surface area (Å²) >= 11 is 6.19. The Balaban J connectivity index is 1.99. The lowest BCUT2D eigenvalue weighted by molar-refractivity contribution is -0.126. The molecule has 1 saturated heterocycles. The number of nitrogens with zero attached hydrogens (tertiary/aromatic N) is 1. The lowest BCUT2D eigenvalue weighted by atomic mass is 10.1. The first-order valence-corrected chi connectivity index (χ1v) is 9.36. The SMILES string of the molecule is COc1cc(OC)c(N2C[C@@H](C(=O)NCCCOC(C)C)CC2=O)cc1Cl. The summed E-state index contributed by atoms with van der Waals surface area (Å²) in [6.07, 6.45) is 1.06. The Morgan fingerprint density at radius 3 is 2.63 bits per heavy atom. The van der Waals surface area contributed by atoms with E-state index in [-0.39, 0.29) is 30.9 Å². The maximum absolute atomic E-state index is 12.5. The number of amides is 2. The number of benzene rings is 1. The molecule has 1 aliphatic heterocycles. The lowest BCUT2D eigenvalue weighted by Gasteiger charge is -2.21. The van der Waals surface area contributed by atoms with Crippen LogP contribution in [-0.4, -0.2) is 51.8 Å². The highest BCUT2D eigenvalue weighted by Crippen LogP contribution is 2.40. The van der Waals surface area contributed by atoms with Gasteiger partial charge >= 0.3 is 0 Å². The Hall–Kier alpha value is -1.99. The van der Waals surface area contributed by atoms with Crippen molar-refractivity contribution in [3.05, 3.63) is 17.2 Å². The van der Waals surface area contributed by atoms with E-state index in [0.29, 0.717) is 35.4 Å². The van der Waals surface area contributed by atoms with Crippen LogP contribution in [0.15, 0.2) is 12.1 Å². The summed E-state index contributed by atoms with van der Waals surface area (Å²) in [5, 5.41) is 3.25. The standard InChI is InChI=1S/C19H27ClN2O5/c1-12(2)27-7-5-6-21-19(24)13-8-18(23)22(11-13)15-9-14(20)16(25-3)10-17(15)26-4/h9-10,12-13H,5-8,11H2,1-4H3,(H,21,24)/t13-/m0/s1. The van der Waals surface area contributed by atoms with Crippen molar-refractivity contribution in [2.75, 3.05) is 38.8 Å². The quantitative estimate of drug-likeness (QED) is 0.647. The zero-order valence-corrected chi connectivity index (χ0v) is 17.0. The van der Waals surface area contributed by atoms with Gasteiger partial charge in [-0.2, -0.15) is 0 Å². The molecule has 0 spiro atoms. The summed E-state index contributed by atoms with van der Waals surface area (Å²) in [6.45, 7) is 5.34. The van der Waals surface area contributed by atoms with E-state index in [1.165, 1.54) is 19.1 Å². The van der Waals surface area contributed by atoms with Crippen molar-refractivity contribution >= 4 is 29.1 Å². The van der Waals surface area contributed by atoms with Gasteiger partial charge in [0.15, 0.2) is 0 Å². The molecule has 0 saturated carbocycles. The molecule has 2 rings (SSSR count). The number of carbonyl (C=O) groups is 2. The van der Waals surface area contributed by atoms with E-state index in [9.17, 15) is 9.59 Å². The second-order valence-electron chi connectivity index (χ2n) is 6.63. The molecule has 150 valence electrons. The predicted molar refractivity (Wildman–Crippen MR) is 104 cm³/mol. The van der Waals surface area contributed by atoms with Gasteiger partial charge in [-0.3, -0.25) is 9.59 Å². The van der Waals surface area contributed by atoms with E-state index in [0.717, 1.165) is 6.42 Å². The maximum Gasteiger partial charge on any atom is 0.227 e. The topological polar surface area (TPSA) is 77.1 Å². The average molecular weight is 399 g/mol. The molecule has 8 heteroatoms. The summed E-state index contributed by atoms with van der Waals surface area (Å²) in [7, 11) is 3.02. The van der Waals surface area contributed by atoms with Crippen LogP contribution in [0.1, 0.15) is 26.7 Å². The minimum Gasteiger partial charge on any atom is -0.495 e. The highest BCUT2D eigenvalue weighted by molar-refractivity contribution is 6.32. The Labute approximate surface area is 164 Å². The minimum atomic E-state index is -0.408. The second-order valence-corrected chi connectivity index (χ2v) is 7.04. The zero-order valence-electron chi connectivity index (χ0n) is 16.2. The van der Waals surface area contributed by atoms with Crippen molar-refractivity contribution in [3.63, 3.8) is 0 Å². The number of rotatable bonds is 9. The van der Waals surface area contributed by atoms with E-state index in [1.54, 1.807) is 12.1 Å². The number of ether oxygens (including phenoxy) is 3. The molecule has 0 radical (unpaired) electrons. The molecule has 2 amide bonds. The van der Waals surface area contributed by atoms with Crippen molar-refractivity contribution in [2.45, 2.75) is 32.8 Å². The normalized spacial score (nSPS) is 16.7. The third-order valence-electron chi connectivity index (χ3n) is 4.31. The molecule has 7 nitrogen and oxygen atoms in total. The highest BCUT2D eigenvalue weighted by atomic mass is 35.5. The van der Waals surface area contributed by atoms with Crippen molar-refractivity contribution < 1.29 is 23.8 Å². The molecule has 1 fully saturated rings. The fourth-order valence-corrected chi connectivity index (χ4v) is 3.15. The predicted octanol–water partition coefficient (Wildman–Crippen LogP) is 2.64. The van der Waals surface area contributed by atoms with Gasteiger partial charge in [-0.1, -0.05) is 11.6 Å². The molecular formula is C19H27ClN2O5. The van der Waals surface area contributed by atoms with Crippen molar-refractivity contribution in [2.24, 2.45) is 5.92 Å². The van der Waals surface area contributed by atoms with Gasteiger partial charge in [-0.15, -0.1) is 0 Å². The van der Waals surface area contributed by atoms with Gasteiger partial charge in [-0.05, 0) is 26.3 Å². The summed E-state index contributed by atoms with van der Waals surface area (Å²) in [6, 6.07) is 3.26. The molecule has 0 aromatic heterocycles. The van der Waals surface area contributed by atoms with Crippen molar-refractivity contribution in [3.8, 4) is 11.5 Å². The van der Waals surface area contributed by atoms with Gasteiger partial charge < -0.3 is 24.4 Å². The second kappa shape index (κ2) is 9.80. The van der Waals surface area contributed by atoms with Crippen LogP contribution in [0.3, 0.4) is 0 Å². The van der Waals surface area contributed by atoms with Crippen LogP contribution in [0.25, 0.3) is 0 Å². The fraction of sp³-hybridized carbons (Fsp3) is 0.579. The zero-order chi connectivity index (χ0) is 20.0. The summed E-state index contributed by atoms with van der Waals surface area (Å²) in [4.78, 5) is 26.4. The van der Waals surface area contributed by atoms with Crippen LogP contribution in [0.2, 0.25) is 5.02 Å². The number of nitrogens with one attached hydrogen (secondary N) is 1. The molecule has 1 aromatic rings. The first-order valence-electron chi connectivity index (χ1n) is 8.98. The number of anilines is 1. The summed E-state index contributed by atoms with van der Waals surface area (Å²) in [5.74, 6) is 0.249. The van der Waals surface area contributed by atoms with E-state index in [2.05, 4.69) is 5.32 Å². The molecule has 0 aliphatic carbocycles. The lowest BCUT2D eigenvalue weighted by Crippen LogP contribution is -2.34. The summed E-state index contributed by atoms with van der Waals surface area (Å²) < 4.78 is 16.0. The third-order valence-corrected chi connectivity index (χ3v) is 4.61. The Kier molecular flexibility index (Phi) is 7.74. The first kappa shape index (κ1) is 21.3. The van der Waals surface area contributed by atoms with Gasteiger partial charge in [0, 0.05) is 32.2 Å². The van der Waals surface area contributed by atoms with Gasteiger partial charge in [0.2, 0.25) is 11.8 Å². The number of hydrogen-bond donors (Lipinski definition) is 1. The molecule has 1 N–H and O–H groups in total. The number of hydrogen-bond acceptors (Lipinski definition) is 5. The van der Waals surface area contributed by atoms with E-state index >= 15 is 0 Å². The van der Waals surface area contributed by atoms with E-state index in [4.69, 9.17) is 25.8 Å². The summed E-state index contributed by atoms with van der Waals surface area (Å²) in [5.41, 5.74) is 0.536. The Morgan fingerprint density at radius 2 is 2.00 bits per heavy atom. The molecule has 0 bridgehead atoms. The van der Waals surface area contributed by atoms with Crippen LogP contribution < -0.4 is 19.7 Å². The highest BCUT2D eigenvalue weighted by Gasteiger charge is 2.36. The number of methoxy groups -OCH3 is 2. The number of halogens is 1. The van der Waals surface area contributed by atoms with Gasteiger partial charge in [0.25, 0.3) is 0 Å².